The summed E-state index contributed by atoms with van der Waals surface area (Å²) in [6.07, 6.45) is 2.48. The normalized spacial score (nSPS) is 9.67. The van der Waals surface area contributed by atoms with Gasteiger partial charge < -0.3 is 4.74 Å². The lowest BCUT2D eigenvalue weighted by atomic mass is 10.1. The van der Waals surface area contributed by atoms with Crippen LogP contribution in [-0.4, -0.2) is 6.61 Å². The molecule has 0 radical (unpaired) electrons. The number of unbranched alkanes of at least 4 members (excludes halogenated alkanes) is 2. The predicted molar refractivity (Wildman–Crippen MR) is 60.9 cm³/mol. The Kier molecular flexibility index (Phi) is 4.70. The van der Waals surface area contributed by atoms with Crippen molar-refractivity contribution in [3.63, 3.8) is 0 Å². The number of ether oxygens (including phenoxy) is 1. The average Bonchev–Trinajstić information content (AvgIpc) is 2.23. The minimum Gasteiger partial charge on any atom is -0.493 e. The van der Waals surface area contributed by atoms with Crippen molar-refractivity contribution in [1.29, 1.82) is 5.26 Å². The largest absolute Gasteiger partial charge is 0.493 e. The molecule has 0 fully saturated rings. The quantitative estimate of drug-likeness (QED) is 0.687. The Morgan fingerprint density at radius 2 is 2.07 bits per heavy atom. The molecular formula is C13H17NO. The first-order valence-corrected chi connectivity index (χ1v) is 5.31. The number of hydrogen-bond donors (Lipinski definition) is 0. The lowest BCUT2D eigenvalue weighted by molar-refractivity contribution is 0.305. The van der Waals surface area contributed by atoms with Crippen LogP contribution in [0.25, 0.3) is 0 Å². The van der Waals surface area contributed by atoms with Crippen LogP contribution in [0.4, 0.5) is 0 Å². The summed E-state index contributed by atoms with van der Waals surface area (Å²) in [5, 5.41) is 8.37. The van der Waals surface area contributed by atoms with Gasteiger partial charge in [-0.2, -0.15) is 5.26 Å². The van der Waals surface area contributed by atoms with Gasteiger partial charge in [-0.05, 0) is 43.9 Å². The lowest BCUT2D eigenvalue weighted by Crippen LogP contribution is -1.98. The van der Waals surface area contributed by atoms with Crippen LogP contribution in [0.1, 0.15) is 30.4 Å². The summed E-state index contributed by atoms with van der Waals surface area (Å²) in [6.45, 7) is 4.80. The number of nitrogens with zero attached hydrogens (tertiary/aromatic N) is 1. The van der Waals surface area contributed by atoms with Gasteiger partial charge >= 0.3 is 0 Å². The van der Waals surface area contributed by atoms with Crippen molar-refractivity contribution < 1.29 is 4.74 Å². The molecule has 15 heavy (non-hydrogen) atoms. The first kappa shape index (κ1) is 11.6. The molecule has 0 aliphatic heterocycles. The van der Waals surface area contributed by atoms with E-state index in [2.05, 4.69) is 31.2 Å². The third-order valence-electron chi connectivity index (χ3n) is 2.28. The number of benzene rings is 1. The first-order chi connectivity index (χ1) is 7.24. The van der Waals surface area contributed by atoms with E-state index in [1.54, 1.807) is 0 Å². The van der Waals surface area contributed by atoms with E-state index >= 15 is 0 Å². The molecule has 1 rings (SSSR count). The molecule has 0 atom stereocenters. The Labute approximate surface area is 91.5 Å². The van der Waals surface area contributed by atoms with E-state index in [1.165, 1.54) is 11.1 Å². The second-order valence-electron chi connectivity index (χ2n) is 3.73. The summed E-state index contributed by atoms with van der Waals surface area (Å²) in [5.74, 6) is 0.965. The smallest absolute Gasteiger partial charge is 0.122 e. The molecule has 0 unspecified atom stereocenters. The highest BCUT2D eigenvalue weighted by Crippen LogP contribution is 2.19. The summed E-state index contributed by atoms with van der Waals surface area (Å²) >= 11 is 0. The monoisotopic (exact) mass is 203 g/mol. The fraction of sp³-hybridized carbons (Fsp3) is 0.462. The zero-order valence-corrected chi connectivity index (χ0v) is 9.42. The van der Waals surface area contributed by atoms with Gasteiger partial charge in [0, 0.05) is 6.42 Å². The van der Waals surface area contributed by atoms with E-state index < -0.39 is 0 Å². The molecule has 1 aromatic carbocycles. The maximum absolute atomic E-state index is 8.37. The summed E-state index contributed by atoms with van der Waals surface area (Å²) in [7, 11) is 0. The fourth-order valence-electron chi connectivity index (χ4n) is 1.35. The van der Waals surface area contributed by atoms with Crippen molar-refractivity contribution in [2.75, 3.05) is 6.61 Å². The van der Waals surface area contributed by atoms with Crippen molar-refractivity contribution in [1.82, 2.24) is 0 Å². The molecule has 0 heterocycles. The van der Waals surface area contributed by atoms with Crippen LogP contribution in [0.2, 0.25) is 0 Å². The highest BCUT2D eigenvalue weighted by atomic mass is 16.5. The van der Waals surface area contributed by atoms with Crippen LogP contribution in [0, 0.1) is 25.2 Å². The van der Waals surface area contributed by atoms with Gasteiger partial charge in [-0.25, -0.2) is 0 Å². The van der Waals surface area contributed by atoms with Gasteiger partial charge in [0.2, 0.25) is 0 Å². The van der Waals surface area contributed by atoms with E-state index in [1.807, 2.05) is 6.92 Å². The molecule has 0 spiro atoms. The molecular weight excluding hydrogens is 186 g/mol. The highest BCUT2D eigenvalue weighted by Gasteiger charge is 1.99. The lowest BCUT2D eigenvalue weighted by Gasteiger charge is -2.09. The molecule has 0 aliphatic rings. The highest BCUT2D eigenvalue weighted by molar-refractivity contribution is 5.35. The molecule has 0 bridgehead atoms. The zero-order chi connectivity index (χ0) is 11.1. The minimum absolute atomic E-state index is 0.621. The predicted octanol–water partition coefficient (Wildman–Crippen LogP) is 3.38. The van der Waals surface area contributed by atoms with Crippen molar-refractivity contribution >= 4 is 0 Å². The van der Waals surface area contributed by atoms with Crippen LogP contribution in [0.15, 0.2) is 18.2 Å². The topological polar surface area (TPSA) is 33.0 Å². The Balaban J connectivity index is 2.37. The molecule has 2 heteroatoms. The molecule has 0 N–H and O–H groups in total. The van der Waals surface area contributed by atoms with E-state index in [0.29, 0.717) is 13.0 Å². The summed E-state index contributed by atoms with van der Waals surface area (Å²) in [4.78, 5) is 0. The SMILES string of the molecule is Cc1ccc(C)c(OCCCCC#N)c1. The van der Waals surface area contributed by atoms with Crippen molar-refractivity contribution in [3.05, 3.63) is 29.3 Å². The fourth-order valence-corrected chi connectivity index (χ4v) is 1.35. The minimum atomic E-state index is 0.621. The van der Waals surface area contributed by atoms with Gasteiger partial charge in [-0.1, -0.05) is 12.1 Å². The Morgan fingerprint density at radius 1 is 1.27 bits per heavy atom. The molecule has 0 aromatic heterocycles. The van der Waals surface area contributed by atoms with Gasteiger partial charge in [0.15, 0.2) is 0 Å². The van der Waals surface area contributed by atoms with Gasteiger partial charge in [0.1, 0.15) is 5.75 Å². The molecule has 0 saturated heterocycles. The second kappa shape index (κ2) is 6.08. The van der Waals surface area contributed by atoms with Gasteiger partial charge in [0.05, 0.1) is 12.7 Å². The van der Waals surface area contributed by atoms with E-state index in [-0.39, 0.29) is 0 Å². The third kappa shape index (κ3) is 4.03. The van der Waals surface area contributed by atoms with Crippen molar-refractivity contribution in [2.24, 2.45) is 0 Å². The van der Waals surface area contributed by atoms with Crippen LogP contribution in [0.5, 0.6) is 5.75 Å². The standard InChI is InChI=1S/C13H17NO/c1-11-6-7-12(2)13(10-11)15-9-5-3-4-8-14/h6-7,10H,3-5,9H2,1-2H3. The van der Waals surface area contributed by atoms with Gasteiger partial charge in [-0.15, -0.1) is 0 Å². The van der Waals surface area contributed by atoms with Gasteiger partial charge in [0.25, 0.3) is 0 Å². The second-order valence-corrected chi connectivity index (χ2v) is 3.73. The molecule has 0 amide bonds. The Morgan fingerprint density at radius 3 is 2.80 bits per heavy atom. The number of nitriles is 1. The maximum atomic E-state index is 8.37. The first-order valence-electron chi connectivity index (χ1n) is 5.31. The number of rotatable bonds is 5. The number of hydrogen-bond acceptors (Lipinski definition) is 2. The average molecular weight is 203 g/mol. The summed E-state index contributed by atoms with van der Waals surface area (Å²) < 4.78 is 5.65. The van der Waals surface area contributed by atoms with Crippen molar-refractivity contribution in [3.8, 4) is 11.8 Å². The van der Waals surface area contributed by atoms with Gasteiger partial charge in [-0.3, -0.25) is 0 Å². The van der Waals surface area contributed by atoms with Crippen molar-refractivity contribution in [2.45, 2.75) is 33.1 Å². The molecule has 2 nitrogen and oxygen atoms in total. The third-order valence-corrected chi connectivity index (χ3v) is 2.28. The van der Waals surface area contributed by atoms with Crippen LogP contribution < -0.4 is 4.74 Å². The molecule has 0 saturated carbocycles. The molecule has 80 valence electrons. The Hall–Kier alpha value is -1.49. The number of aryl methyl sites for hydroxylation is 2. The van der Waals surface area contributed by atoms with E-state index in [0.717, 1.165) is 18.6 Å². The van der Waals surface area contributed by atoms with Crippen LogP contribution in [0.3, 0.4) is 0 Å². The molecule has 0 aliphatic carbocycles. The van der Waals surface area contributed by atoms with E-state index in [4.69, 9.17) is 10.00 Å². The summed E-state index contributed by atoms with van der Waals surface area (Å²) in [6, 6.07) is 8.34. The maximum Gasteiger partial charge on any atom is 0.122 e. The van der Waals surface area contributed by atoms with Crippen LogP contribution >= 0.6 is 0 Å². The molecule has 1 aromatic rings. The van der Waals surface area contributed by atoms with Crippen LogP contribution in [-0.2, 0) is 0 Å². The summed E-state index contributed by atoms with van der Waals surface area (Å²) in [5.41, 5.74) is 2.38. The zero-order valence-electron chi connectivity index (χ0n) is 9.42. The Bertz CT molecular complexity index is 352. The van der Waals surface area contributed by atoms with E-state index in [9.17, 15) is 0 Å².